The zero-order chi connectivity index (χ0) is 27.3. The van der Waals surface area contributed by atoms with E-state index in [1.165, 1.54) is 36.6 Å². The number of nitrogens with one attached hydrogen (secondary N) is 3. The molecule has 1 aromatic heterocycles. The van der Waals surface area contributed by atoms with Crippen LogP contribution in [-0.4, -0.2) is 22.2 Å². The van der Waals surface area contributed by atoms with Crippen molar-refractivity contribution in [1.29, 1.82) is 0 Å². The number of furan rings is 1. The zero-order valence-corrected chi connectivity index (χ0v) is 19.7. The molecule has 0 atom stereocenters. The molecule has 0 bridgehead atoms. The van der Waals surface area contributed by atoms with E-state index in [4.69, 9.17) is 4.42 Å². The maximum atomic E-state index is 13.5. The van der Waals surface area contributed by atoms with Crippen LogP contribution in [0.2, 0.25) is 0 Å². The summed E-state index contributed by atoms with van der Waals surface area (Å²) >= 11 is 0. The van der Waals surface area contributed by atoms with Crippen LogP contribution in [0.4, 0.5) is 35.9 Å². The van der Waals surface area contributed by atoms with E-state index in [1.54, 1.807) is 24.3 Å². The average molecular weight is 525 g/mol. The first-order valence-corrected chi connectivity index (χ1v) is 11.3. The highest BCUT2D eigenvalue weighted by Crippen LogP contribution is 2.37. The van der Waals surface area contributed by atoms with Crippen LogP contribution in [0.25, 0.3) is 0 Å². The first-order valence-electron chi connectivity index (χ1n) is 11.3. The van der Waals surface area contributed by atoms with Gasteiger partial charge in [0, 0.05) is 6.54 Å². The van der Waals surface area contributed by atoms with Gasteiger partial charge in [-0.15, -0.1) is 0 Å². The summed E-state index contributed by atoms with van der Waals surface area (Å²) in [4.78, 5) is 23.6. The molecule has 0 radical (unpaired) electrons. The van der Waals surface area contributed by atoms with Crippen LogP contribution in [0.3, 0.4) is 0 Å². The number of carboxylic acids is 2. The Morgan fingerprint density at radius 1 is 0.737 bits per heavy atom. The first-order chi connectivity index (χ1) is 18.1. The third kappa shape index (κ3) is 6.31. The standard InChI is InChI=1S/C27H22F3N3O5/c28-27(29,30)17-8-10-23(32-21-6-2-1-5-19(21)25(34)35)24(13-17)33-22-9-7-16(12-20(22)26(36)37)14-31-15-18-4-3-11-38-18/h1-13,31-33H,14-15H2,(H,34,35)(H,36,37). The predicted molar refractivity (Wildman–Crippen MR) is 134 cm³/mol. The Morgan fingerprint density at radius 2 is 1.42 bits per heavy atom. The van der Waals surface area contributed by atoms with Crippen molar-refractivity contribution in [1.82, 2.24) is 5.32 Å². The van der Waals surface area contributed by atoms with Gasteiger partial charge >= 0.3 is 18.1 Å². The van der Waals surface area contributed by atoms with E-state index in [0.29, 0.717) is 24.4 Å². The molecule has 3 aromatic carbocycles. The highest BCUT2D eigenvalue weighted by Gasteiger charge is 2.31. The minimum Gasteiger partial charge on any atom is -0.478 e. The molecule has 0 aliphatic heterocycles. The van der Waals surface area contributed by atoms with Crippen LogP contribution in [0.15, 0.2) is 83.5 Å². The van der Waals surface area contributed by atoms with Crippen LogP contribution < -0.4 is 16.0 Å². The molecule has 0 saturated carbocycles. The average Bonchev–Trinajstić information content (AvgIpc) is 3.39. The number of para-hydroxylation sites is 1. The van der Waals surface area contributed by atoms with Crippen molar-refractivity contribution >= 4 is 34.7 Å². The molecule has 0 amide bonds. The van der Waals surface area contributed by atoms with Gasteiger partial charge in [0.1, 0.15) is 5.76 Å². The second-order valence-corrected chi connectivity index (χ2v) is 8.23. The molecule has 5 N–H and O–H groups in total. The molecular formula is C27H22F3N3O5. The summed E-state index contributed by atoms with van der Waals surface area (Å²) in [7, 11) is 0. The van der Waals surface area contributed by atoms with Crippen LogP contribution in [-0.2, 0) is 19.3 Å². The largest absolute Gasteiger partial charge is 0.478 e. The number of aromatic carboxylic acids is 2. The lowest BCUT2D eigenvalue weighted by molar-refractivity contribution is -0.137. The third-order valence-corrected chi connectivity index (χ3v) is 5.57. The Morgan fingerprint density at radius 3 is 2.11 bits per heavy atom. The van der Waals surface area contributed by atoms with Crippen molar-refractivity contribution in [2.45, 2.75) is 19.3 Å². The molecule has 0 saturated heterocycles. The molecule has 0 fully saturated rings. The number of carbonyl (C=O) groups is 2. The topological polar surface area (TPSA) is 124 Å². The summed E-state index contributed by atoms with van der Waals surface area (Å²) in [5.41, 5.74) is -0.337. The summed E-state index contributed by atoms with van der Waals surface area (Å²) in [6.07, 6.45) is -3.12. The molecule has 0 aliphatic carbocycles. The number of alkyl halides is 3. The van der Waals surface area contributed by atoms with Crippen molar-refractivity contribution in [2.24, 2.45) is 0 Å². The number of rotatable bonds is 10. The Balaban J connectivity index is 1.65. The number of hydrogen-bond donors (Lipinski definition) is 5. The normalized spacial score (nSPS) is 11.2. The Bertz CT molecular complexity index is 1450. The van der Waals surface area contributed by atoms with Crippen LogP contribution in [0, 0.1) is 0 Å². The van der Waals surface area contributed by atoms with E-state index in [0.717, 1.165) is 18.2 Å². The molecular weight excluding hydrogens is 503 g/mol. The predicted octanol–water partition coefficient (Wildman–Crippen LogP) is 6.47. The fourth-order valence-electron chi connectivity index (χ4n) is 3.73. The van der Waals surface area contributed by atoms with Crippen molar-refractivity contribution in [3.63, 3.8) is 0 Å². The smallest absolute Gasteiger partial charge is 0.416 e. The van der Waals surface area contributed by atoms with E-state index in [2.05, 4.69) is 16.0 Å². The van der Waals surface area contributed by atoms with E-state index in [9.17, 15) is 33.0 Å². The van der Waals surface area contributed by atoms with Gasteiger partial charge in [0.15, 0.2) is 0 Å². The lowest BCUT2D eigenvalue weighted by atomic mass is 10.1. The summed E-state index contributed by atoms with van der Waals surface area (Å²) in [5.74, 6) is -1.80. The van der Waals surface area contributed by atoms with Crippen LogP contribution in [0.1, 0.15) is 37.6 Å². The summed E-state index contributed by atoms with van der Waals surface area (Å²) < 4.78 is 45.7. The Kier molecular flexibility index (Phi) is 7.68. The quantitative estimate of drug-likeness (QED) is 0.160. The number of halogens is 3. The summed E-state index contributed by atoms with van der Waals surface area (Å²) in [6, 6.07) is 16.8. The van der Waals surface area contributed by atoms with Crippen LogP contribution in [0.5, 0.6) is 0 Å². The third-order valence-electron chi connectivity index (χ3n) is 5.57. The number of carboxylic acid groups (broad SMARTS) is 2. The minimum absolute atomic E-state index is 0.0566. The van der Waals surface area contributed by atoms with Gasteiger partial charge in [0.25, 0.3) is 0 Å². The summed E-state index contributed by atoms with van der Waals surface area (Å²) in [5, 5.41) is 28.0. The molecule has 196 valence electrons. The van der Waals surface area contributed by atoms with Gasteiger partial charge in [-0.2, -0.15) is 13.2 Å². The van der Waals surface area contributed by atoms with Crippen molar-refractivity contribution < 1.29 is 37.4 Å². The lowest BCUT2D eigenvalue weighted by Gasteiger charge is -2.19. The zero-order valence-electron chi connectivity index (χ0n) is 19.7. The Labute approximate surface area is 214 Å². The van der Waals surface area contributed by atoms with E-state index < -0.39 is 23.7 Å². The molecule has 0 unspecified atom stereocenters. The number of benzene rings is 3. The molecule has 4 rings (SSSR count). The summed E-state index contributed by atoms with van der Waals surface area (Å²) in [6.45, 7) is 0.746. The molecule has 4 aromatic rings. The Hall–Kier alpha value is -4.77. The van der Waals surface area contributed by atoms with Crippen molar-refractivity contribution in [3.05, 3.63) is 107 Å². The minimum atomic E-state index is -4.66. The second kappa shape index (κ2) is 11.1. The fraction of sp³-hybridized carbons (Fsp3) is 0.111. The van der Waals surface area contributed by atoms with Gasteiger partial charge < -0.3 is 30.6 Å². The van der Waals surface area contributed by atoms with Gasteiger partial charge in [0.05, 0.1) is 52.2 Å². The van der Waals surface area contributed by atoms with Gasteiger partial charge in [-0.3, -0.25) is 0 Å². The maximum Gasteiger partial charge on any atom is 0.416 e. The molecule has 0 aliphatic rings. The number of anilines is 4. The van der Waals surface area contributed by atoms with E-state index in [1.807, 2.05) is 0 Å². The maximum absolute atomic E-state index is 13.5. The SMILES string of the molecule is O=C(O)c1ccccc1Nc1ccc(C(F)(F)F)cc1Nc1ccc(CNCc2ccco2)cc1C(=O)O. The molecule has 8 nitrogen and oxygen atoms in total. The van der Waals surface area contributed by atoms with Crippen molar-refractivity contribution in [2.75, 3.05) is 10.6 Å². The van der Waals surface area contributed by atoms with Crippen LogP contribution >= 0.6 is 0 Å². The second-order valence-electron chi connectivity index (χ2n) is 8.23. The van der Waals surface area contributed by atoms with Gasteiger partial charge in [0.2, 0.25) is 0 Å². The molecule has 38 heavy (non-hydrogen) atoms. The van der Waals surface area contributed by atoms with Gasteiger partial charge in [-0.25, -0.2) is 9.59 Å². The molecule has 11 heteroatoms. The van der Waals surface area contributed by atoms with E-state index in [-0.39, 0.29) is 33.9 Å². The van der Waals surface area contributed by atoms with E-state index >= 15 is 0 Å². The van der Waals surface area contributed by atoms with Crippen molar-refractivity contribution in [3.8, 4) is 0 Å². The molecule has 0 spiro atoms. The lowest BCUT2D eigenvalue weighted by Crippen LogP contribution is -2.13. The van der Waals surface area contributed by atoms with Gasteiger partial charge in [-0.1, -0.05) is 18.2 Å². The first kappa shape index (κ1) is 26.3. The number of hydrogen-bond acceptors (Lipinski definition) is 6. The fourth-order valence-corrected chi connectivity index (χ4v) is 3.73. The monoisotopic (exact) mass is 525 g/mol. The highest BCUT2D eigenvalue weighted by molar-refractivity contribution is 5.98. The molecule has 1 heterocycles. The highest BCUT2D eigenvalue weighted by atomic mass is 19.4. The van der Waals surface area contributed by atoms with Gasteiger partial charge in [-0.05, 0) is 60.2 Å².